The van der Waals surface area contributed by atoms with Gasteiger partial charge in [0.1, 0.15) is 0 Å². The van der Waals surface area contributed by atoms with Crippen LogP contribution in [0.25, 0.3) is 0 Å². The standard InChI is InChI=1S/C14H28O3/c1-6-11(5)10-12(7-2)14(16,8-3)13(15)17-9-4/h11-12,16H,6-10H2,1-5H3. The summed E-state index contributed by atoms with van der Waals surface area (Å²) in [4.78, 5) is 11.9. The van der Waals surface area contributed by atoms with E-state index in [0.717, 1.165) is 19.3 Å². The second-order valence-corrected chi connectivity index (χ2v) is 4.85. The van der Waals surface area contributed by atoms with Gasteiger partial charge in [0.2, 0.25) is 0 Å². The van der Waals surface area contributed by atoms with Crippen LogP contribution in [-0.4, -0.2) is 23.3 Å². The Morgan fingerprint density at radius 3 is 2.18 bits per heavy atom. The molecule has 0 fully saturated rings. The monoisotopic (exact) mass is 244 g/mol. The molecular formula is C14H28O3. The summed E-state index contributed by atoms with van der Waals surface area (Å²) in [6, 6.07) is 0. The van der Waals surface area contributed by atoms with Gasteiger partial charge >= 0.3 is 5.97 Å². The molecule has 3 unspecified atom stereocenters. The highest BCUT2D eigenvalue weighted by molar-refractivity contribution is 5.79. The Balaban J connectivity index is 4.82. The summed E-state index contributed by atoms with van der Waals surface area (Å²) in [6.07, 6.45) is 3.16. The van der Waals surface area contributed by atoms with Crippen molar-refractivity contribution in [3.05, 3.63) is 0 Å². The van der Waals surface area contributed by atoms with Crippen LogP contribution < -0.4 is 0 Å². The van der Waals surface area contributed by atoms with E-state index in [1.54, 1.807) is 6.92 Å². The smallest absolute Gasteiger partial charge is 0.338 e. The van der Waals surface area contributed by atoms with E-state index in [1.807, 2.05) is 13.8 Å². The molecule has 0 aliphatic carbocycles. The Morgan fingerprint density at radius 2 is 1.82 bits per heavy atom. The third kappa shape index (κ3) is 4.30. The third-order valence-electron chi connectivity index (χ3n) is 3.72. The summed E-state index contributed by atoms with van der Waals surface area (Å²) in [7, 11) is 0. The lowest BCUT2D eigenvalue weighted by Gasteiger charge is -2.34. The van der Waals surface area contributed by atoms with Crippen molar-refractivity contribution in [1.29, 1.82) is 0 Å². The van der Waals surface area contributed by atoms with E-state index < -0.39 is 11.6 Å². The Bertz CT molecular complexity index is 228. The molecule has 1 N–H and O–H groups in total. The fraction of sp³-hybridized carbons (Fsp3) is 0.929. The Kier molecular flexibility index (Phi) is 7.44. The highest BCUT2D eigenvalue weighted by Crippen LogP contribution is 2.32. The predicted molar refractivity (Wildman–Crippen MR) is 69.7 cm³/mol. The molecule has 0 aromatic rings. The van der Waals surface area contributed by atoms with Crippen molar-refractivity contribution in [2.75, 3.05) is 6.61 Å². The predicted octanol–water partition coefficient (Wildman–Crippen LogP) is 3.15. The molecular weight excluding hydrogens is 216 g/mol. The minimum Gasteiger partial charge on any atom is -0.464 e. The first kappa shape index (κ1) is 16.4. The number of hydrogen-bond acceptors (Lipinski definition) is 3. The molecule has 0 rings (SSSR count). The SMILES string of the molecule is CCOC(=O)C(O)(CC)C(CC)CC(C)CC. The third-order valence-corrected chi connectivity index (χ3v) is 3.72. The van der Waals surface area contributed by atoms with Gasteiger partial charge in [0.25, 0.3) is 0 Å². The molecule has 0 bridgehead atoms. The zero-order valence-electron chi connectivity index (χ0n) is 12.0. The van der Waals surface area contributed by atoms with Crippen LogP contribution in [0.5, 0.6) is 0 Å². The van der Waals surface area contributed by atoms with E-state index in [9.17, 15) is 9.90 Å². The maximum atomic E-state index is 11.9. The Labute approximate surface area is 106 Å². The second-order valence-electron chi connectivity index (χ2n) is 4.85. The number of esters is 1. The molecule has 0 aromatic carbocycles. The fourth-order valence-corrected chi connectivity index (χ4v) is 2.21. The maximum absolute atomic E-state index is 11.9. The zero-order valence-corrected chi connectivity index (χ0v) is 12.0. The lowest BCUT2D eigenvalue weighted by molar-refractivity contribution is -0.173. The highest BCUT2D eigenvalue weighted by atomic mass is 16.5. The van der Waals surface area contributed by atoms with E-state index in [-0.39, 0.29) is 5.92 Å². The number of aliphatic hydroxyl groups is 1. The normalized spacial score (nSPS) is 18.2. The summed E-state index contributed by atoms with van der Waals surface area (Å²) in [5, 5.41) is 10.5. The van der Waals surface area contributed by atoms with E-state index in [2.05, 4.69) is 13.8 Å². The lowest BCUT2D eigenvalue weighted by Crippen LogP contribution is -2.47. The van der Waals surface area contributed by atoms with Gasteiger partial charge in [0.05, 0.1) is 6.61 Å². The first-order chi connectivity index (χ1) is 7.96. The van der Waals surface area contributed by atoms with Crippen LogP contribution in [-0.2, 0) is 9.53 Å². The molecule has 0 heterocycles. The minimum absolute atomic E-state index is 0.0125. The number of carbonyl (C=O) groups is 1. The summed E-state index contributed by atoms with van der Waals surface area (Å²) >= 11 is 0. The van der Waals surface area contributed by atoms with Gasteiger partial charge in [-0.3, -0.25) is 0 Å². The van der Waals surface area contributed by atoms with Crippen molar-refractivity contribution in [1.82, 2.24) is 0 Å². The number of rotatable bonds is 8. The molecule has 102 valence electrons. The minimum atomic E-state index is -1.31. The van der Waals surface area contributed by atoms with Crippen molar-refractivity contribution >= 4 is 5.97 Å². The zero-order chi connectivity index (χ0) is 13.5. The van der Waals surface area contributed by atoms with Crippen LogP contribution in [0.1, 0.15) is 60.3 Å². The van der Waals surface area contributed by atoms with Crippen molar-refractivity contribution in [3.63, 3.8) is 0 Å². The van der Waals surface area contributed by atoms with Crippen LogP contribution in [0, 0.1) is 11.8 Å². The van der Waals surface area contributed by atoms with Crippen LogP contribution >= 0.6 is 0 Å². The molecule has 0 saturated carbocycles. The number of carbonyl (C=O) groups excluding carboxylic acids is 1. The molecule has 3 heteroatoms. The van der Waals surface area contributed by atoms with Crippen LogP contribution in [0.15, 0.2) is 0 Å². The van der Waals surface area contributed by atoms with Gasteiger partial charge in [-0.2, -0.15) is 0 Å². The lowest BCUT2D eigenvalue weighted by atomic mass is 9.77. The van der Waals surface area contributed by atoms with E-state index >= 15 is 0 Å². The van der Waals surface area contributed by atoms with Crippen LogP contribution in [0.2, 0.25) is 0 Å². The first-order valence-electron chi connectivity index (χ1n) is 6.85. The fourth-order valence-electron chi connectivity index (χ4n) is 2.21. The molecule has 3 nitrogen and oxygen atoms in total. The molecule has 0 aliphatic rings. The Morgan fingerprint density at radius 1 is 1.24 bits per heavy atom. The van der Waals surface area contributed by atoms with Crippen LogP contribution in [0.3, 0.4) is 0 Å². The van der Waals surface area contributed by atoms with E-state index in [4.69, 9.17) is 4.74 Å². The number of ether oxygens (including phenoxy) is 1. The summed E-state index contributed by atoms with van der Waals surface area (Å²) < 4.78 is 5.01. The summed E-state index contributed by atoms with van der Waals surface area (Å²) in [5.41, 5.74) is -1.31. The molecule has 0 radical (unpaired) electrons. The van der Waals surface area contributed by atoms with Gasteiger partial charge in [0.15, 0.2) is 5.60 Å². The van der Waals surface area contributed by atoms with Crippen molar-refractivity contribution < 1.29 is 14.6 Å². The van der Waals surface area contributed by atoms with Gasteiger partial charge in [-0.25, -0.2) is 4.79 Å². The van der Waals surface area contributed by atoms with Gasteiger partial charge < -0.3 is 9.84 Å². The average molecular weight is 244 g/mol. The van der Waals surface area contributed by atoms with Crippen molar-refractivity contribution in [2.24, 2.45) is 11.8 Å². The second kappa shape index (κ2) is 7.70. The van der Waals surface area contributed by atoms with Crippen LogP contribution in [0.4, 0.5) is 0 Å². The van der Waals surface area contributed by atoms with Gasteiger partial charge in [-0.15, -0.1) is 0 Å². The van der Waals surface area contributed by atoms with Crippen molar-refractivity contribution in [2.45, 2.75) is 65.9 Å². The largest absolute Gasteiger partial charge is 0.464 e. The first-order valence-corrected chi connectivity index (χ1v) is 6.85. The van der Waals surface area contributed by atoms with Gasteiger partial charge in [0, 0.05) is 0 Å². The van der Waals surface area contributed by atoms with Gasteiger partial charge in [-0.05, 0) is 38.0 Å². The highest BCUT2D eigenvalue weighted by Gasteiger charge is 2.42. The van der Waals surface area contributed by atoms with Gasteiger partial charge in [-0.1, -0.05) is 34.1 Å². The maximum Gasteiger partial charge on any atom is 0.338 e. The topological polar surface area (TPSA) is 46.5 Å². The average Bonchev–Trinajstić information content (AvgIpc) is 2.34. The number of hydrogen-bond donors (Lipinski definition) is 1. The molecule has 0 amide bonds. The molecule has 17 heavy (non-hydrogen) atoms. The molecule has 0 aromatic heterocycles. The quantitative estimate of drug-likeness (QED) is 0.667. The molecule has 0 spiro atoms. The Hall–Kier alpha value is -0.570. The molecule has 0 saturated heterocycles. The molecule has 0 aliphatic heterocycles. The van der Waals surface area contributed by atoms with Crippen molar-refractivity contribution in [3.8, 4) is 0 Å². The van der Waals surface area contributed by atoms with E-state index in [0.29, 0.717) is 18.9 Å². The molecule has 3 atom stereocenters. The van der Waals surface area contributed by atoms with E-state index in [1.165, 1.54) is 0 Å². The summed E-state index contributed by atoms with van der Waals surface area (Å²) in [5.74, 6) is 0.0478. The summed E-state index contributed by atoms with van der Waals surface area (Å²) in [6.45, 7) is 10.2.